The van der Waals surface area contributed by atoms with Crippen LogP contribution in [-0.4, -0.2) is 9.55 Å². The van der Waals surface area contributed by atoms with Crippen molar-refractivity contribution in [1.82, 2.24) is 9.55 Å². The van der Waals surface area contributed by atoms with E-state index in [2.05, 4.69) is 54.6 Å². The molecular weight excluding hydrogens is 246 g/mol. The van der Waals surface area contributed by atoms with Gasteiger partial charge in [-0.3, -0.25) is 4.57 Å². The summed E-state index contributed by atoms with van der Waals surface area (Å²) in [6, 6.07) is 14.4. The van der Waals surface area contributed by atoms with Gasteiger partial charge in [0.05, 0.1) is 11.0 Å². The van der Waals surface area contributed by atoms with Crippen molar-refractivity contribution in [1.29, 1.82) is 0 Å². The molecule has 0 saturated heterocycles. The monoisotopic (exact) mass is 265 g/mol. The van der Waals surface area contributed by atoms with Crippen LogP contribution in [0.15, 0.2) is 48.8 Å². The van der Waals surface area contributed by atoms with E-state index in [0.29, 0.717) is 0 Å². The minimum Gasteiger partial charge on any atom is -0.399 e. The predicted molar refractivity (Wildman–Crippen MR) is 84.2 cm³/mol. The second-order valence-corrected chi connectivity index (χ2v) is 6.16. The summed E-state index contributed by atoms with van der Waals surface area (Å²) in [5.74, 6) is 0. The third-order valence-electron chi connectivity index (χ3n) is 3.58. The molecule has 102 valence electrons. The topological polar surface area (TPSA) is 43.8 Å². The SMILES string of the molecule is CC(C)(C)c1ccc(-n2cnc3cc(N)ccc32)cc1. The Balaban J connectivity index is 2.07. The number of nitrogen functional groups attached to an aromatic ring is 1. The molecule has 0 unspecified atom stereocenters. The van der Waals surface area contributed by atoms with Crippen LogP contribution in [0.4, 0.5) is 5.69 Å². The zero-order chi connectivity index (χ0) is 14.3. The lowest BCUT2D eigenvalue weighted by atomic mass is 9.87. The number of benzene rings is 2. The molecule has 1 aromatic heterocycles. The first kappa shape index (κ1) is 12.7. The molecule has 0 aliphatic heterocycles. The van der Waals surface area contributed by atoms with E-state index in [1.54, 1.807) is 0 Å². The smallest absolute Gasteiger partial charge is 0.100 e. The van der Waals surface area contributed by atoms with Gasteiger partial charge in [-0.1, -0.05) is 32.9 Å². The third-order valence-corrected chi connectivity index (χ3v) is 3.58. The molecule has 3 aromatic rings. The first-order valence-electron chi connectivity index (χ1n) is 6.79. The minimum atomic E-state index is 0.171. The Bertz CT molecular complexity index is 746. The average molecular weight is 265 g/mol. The summed E-state index contributed by atoms with van der Waals surface area (Å²) in [6.07, 6.45) is 1.84. The van der Waals surface area contributed by atoms with E-state index in [9.17, 15) is 0 Å². The van der Waals surface area contributed by atoms with E-state index < -0.39 is 0 Å². The Labute approximate surface area is 119 Å². The fourth-order valence-electron chi connectivity index (χ4n) is 2.36. The largest absolute Gasteiger partial charge is 0.399 e. The Hall–Kier alpha value is -2.29. The second-order valence-electron chi connectivity index (χ2n) is 6.16. The minimum absolute atomic E-state index is 0.171. The number of nitrogens with zero attached hydrogens (tertiary/aromatic N) is 2. The Morgan fingerprint density at radius 2 is 1.70 bits per heavy atom. The summed E-state index contributed by atoms with van der Waals surface area (Å²) < 4.78 is 2.08. The van der Waals surface area contributed by atoms with E-state index in [4.69, 9.17) is 5.73 Å². The van der Waals surface area contributed by atoms with Gasteiger partial charge in [0, 0.05) is 11.4 Å². The number of anilines is 1. The highest BCUT2D eigenvalue weighted by molar-refractivity contribution is 5.80. The molecule has 3 nitrogen and oxygen atoms in total. The molecule has 20 heavy (non-hydrogen) atoms. The van der Waals surface area contributed by atoms with Crippen molar-refractivity contribution in [3.05, 3.63) is 54.4 Å². The van der Waals surface area contributed by atoms with Crippen LogP contribution in [0.25, 0.3) is 16.7 Å². The lowest BCUT2D eigenvalue weighted by molar-refractivity contribution is 0.590. The van der Waals surface area contributed by atoms with Gasteiger partial charge in [0.2, 0.25) is 0 Å². The number of fused-ring (bicyclic) bond motifs is 1. The maximum Gasteiger partial charge on any atom is 0.100 e. The molecule has 0 atom stereocenters. The second kappa shape index (κ2) is 4.37. The molecule has 2 N–H and O–H groups in total. The van der Waals surface area contributed by atoms with Crippen LogP contribution in [0.5, 0.6) is 0 Å². The van der Waals surface area contributed by atoms with Crippen LogP contribution in [0, 0.1) is 0 Å². The Morgan fingerprint density at radius 3 is 2.35 bits per heavy atom. The molecule has 0 radical (unpaired) electrons. The number of hydrogen-bond donors (Lipinski definition) is 1. The van der Waals surface area contributed by atoms with Gasteiger partial charge in [-0.15, -0.1) is 0 Å². The summed E-state index contributed by atoms with van der Waals surface area (Å²) in [7, 11) is 0. The molecule has 0 fully saturated rings. The number of imidazole rings is 1. The zero-order valence-corrected chi connectivity index (χ0v) is 12.1. The molecule has 0 aliphatic carbocycles. The number of aromatic nitrogens is 2. The third kappa shape index (κ3) is 2.16. The first-order chi connectivity index (χ1) is 9.45. The highest BCUT2D eigenvalue weighted by atomic mass is 15.0. The summed E-state index contributed by atoms with van der Waals surface area (Å²) in [5.41, 5.74) is 11.1. The number of nitrogens with two attached hydrogens (primary N) is 1. The van der Waals surface area contributed by atoms with Crippen LogP contribution in [0.3, 0.4) is 0 Å². The first-order valence-corrected chi connectivity index (χ1v) is 6.79. The normalized spacial score (nSPS) is 11.9. The van der Waals surface area contributed by atoms with Gasteiger partial charge in [-0.25, -0.2) is 4.98 Å². The van der Waals surface area contributed by atoms with Crippen LogP contribution >= 0.6 is 0 Å². The van der Waals surface area contributed by atoms with E-state index in [0.717, 1.165) is 22.4 Å². The number of rotatable bonds is 1. The van der Waals surface area contributed by atoms with Gasteiger partial charge in [-0.05, 0) is 41.3 Å². The predicted octanol–water partition coefficient (Wildman–Crippen LogP) is 3.91. The van der Waals surface area contributed by atoms with E-state index in [-0.39, 0.29) is 5.41 Å². The zero-order valence-electron chi connectivity index (χ0n) is 12.1. The fourth-order valence-corrected chi connectivity index (χ4v) is 2.36. The van der Waals surface area contributed by atoms with E-state index in [1.807, 2.05) is 24.5 Å². The van der Waals surface area contributed by atoms with Crippen molar-refractivity contribution in [2.75, 3.05) is 5.73 Å². The van der Waals surface area contributed by atoms with Crippen molar-refractivity contribution < 1.29 is 0 Å². The maximum absolute atomic E-state index is 5.79. The van der Waals surface area contributed by atoms with Gasteiger partial charge >= 0.3 is 0 Å². The lowest BCUT2D eigenvalue weighted by Crippen LogP contribution is -2.10. The quantitative estimate of drug-likeness (QED) is 0.678. The average Bonchev–Trinajstić information content (AvgIpc) is 2.80. The molecule has 3 heteroatoms. The van der Waals surface area contributed by atoms with Crippen LogP contribution in [0.1, 0.15) is 26.3 Å². The van der Waals surface area contributed by atoms with Crippen molar-refractivity contribution >= 4 is 16.7 Å². The molecule has 0 saturated carbocycles. The van der Waals surface area contributed by atoms with Crippen molar-refractivity contribution in [2.24, 2.45) is 0 Å². The molecule has 0 bridgehead atoms. The van der Waals surface area contributed by atoms with Gasteiger partial charge < -0.3 is 5.73 Å². The van der Waals surface area contributed by atoms with Gasteiger partial charge in [0.25, 0.3) is 0 Å². The van der Waals surface area contributed by atoms with Crippen LogP contribution in [-0.2, 0) is 5.41 Å². The summed E-state index contributed by atoms with van der Waals surface area (Å²) in [4.78, 5) is 4.41. The summed E-state index contributed by atoms with van der Waals surface area (Å²) in [6.45, 7) is 6.66. The van der Waals surface area contributed by atoms with Crippen LogP contribution in [0.2, 0.25) is 0 Å². The fraction of sp³-hybridized carbons (Fsp3) is 0.235. The summed E-state index contributed by atoms with van der Waals surface area (Å²) >= 11 is 0. The Morgan fingerprint density at radius 1 is 1.00 bits per heavy atom. The standard InChI is InChI=1S/C17H19N3/c1-17(2,3)12-4-7-14(8-5-12)20-11-19-15-10-13(18)6-9-16(15)20/h4-11H,18H2,1-3H3. The van der Waals surface area contributed by atoms with Crippen molar-refractivity contribution in [2.45, 2.75) is 26.2 Å². The number of hydrogen-bond acceptors (Lipinski definition) is 2. The molecule has 1 heterocycles. The van der Waals surface area contributed by atoms with Crippen LogP contribution < -0.4 is 5.73 Å². The lowest BCUT2D eigenvalue weighted by Gasteiger charge is -2.19. The van der Waals surface area contributed by atoms with E-state index in [1.165, 1.54) is 5.56 Å². The maximum atomic E-state index is 5.79. The van der Waals surface area contributed by atoms with E-state index >= 15 is 0 Å². The van der Waals surface area contributed by atoms with Gasteiger partial charge in [0.15, 0.2) is 0 Å². The van der Waals surface area contributed by atoms with Gasteiger partial charge in [-0.2, -0.15) is 0 Å². The van der Waals surface area contributed by atoms with Crippen molar-refractivity contribution in [3.8, 4) is 5.69 Å². The van der Waals surface area contributed by atoms with Gasteiger partial charge in [0.1, 0.15) is 6.33 Å². The molecule has 0 aliphatic rings. The molecular formula is C17H19N3. The molecule has 0 amide bonds. The summed E-state index contributed by atoms with van der Waals surface area (Å²) in [5, 5.41) is 0. The highest BCUT2D eigenvalue weighted by Crippen LogP contribution is 2.25. The van der Waals surface area contributed by atoms with Crippen molar-refractivity contribution in [3.63, 3.8) is 0 Å². The molecule has 0 spiro atoms. The highest BCUT2D eigenvalue weighted by Gasteiger charge is 2.13. The Kier molecular flexibility index (Phi) is 2.78. The molecule has 2 aromatic carbocycles. The molecule has 3 rings (SSSR count).